The summed E-state index contributed by atoms with van der Waals surface area (Å²) in [5.41, 5.74) is 0.979. The van der Waals surface area contributed by atoms with Gasteiger partial charge in [-0.05, 0) is 42.8 Å². The largest absolute Gasteiger partial charge is 0.573 e. The van der Waals surface area contributed by atoms with Crippen LogP contribution < -0.4 is 13.8 Å². The molecule has 0 saturated carbocycles. The molecule has 0 unspecified atom stereocenters. The lowest BCUT2D eigenvalue weighted by Gasteiger charge is -2.24. The fraction of sp³-hybridized carbons (Fsp3) is 0.190. The van der Waals surface area contributed by atoms with Crippen molar-refractivity contribution in [1.82, 2.24) is 4.98 Å². The summed E-state index contributed by atoms with van der Waals surface area (Å²) in [4.78, 5) is 4.00. The number of para-hydroxylation sites is 2. The first kappa shape index (κ1) is 22.4. The molecule has 3 aromatic rings. The summed E-state index contributed by atoms with van der Waals surface area (Å²) >= 11 is 0. The number of nitrogens with zero attached hydrogens (tertiary/aromatic N) is 2. The number of anilines is 1. The van der Waals surface area contributed by atoms with E-state index < -0.39 is 22.1 Å². The van der Waals surface area contributed by atoms with E-state index in [0.717, 1.165) is 6.07 Å². The number of pyridine rings is 1. The van der Waals surface area contributed by atoms with Crippen LogP contribution in [0.3, 0.4) is 0 Å². The fourth-order valence-electron chi connectivity index (χ4n) is 2.74. The average Bonchev–Trinajstić information content (AvgIpc) is 2.73. The first-order valence-electron chi connectivity index (χ1n) is 9.20. The number of sulfonamides is 1. The molecule has 0 spiro atoms. The van der Waals surface area contributed by atoms with Crippen LogP contribution in [0.5, 0.6) is 17.2 Å². The van der Waals surface area contributed by atoms with E-state index in [2.05, 4.69) is 9.72 Å². The van der Waals surface area contributed by atoms with Gasteiger partial charge in [0, 0.05) is 18.5 Å². The lowest BCUT2D eigenvalue weighted by Crippen LogP contribution is -2.31. The molecule has 0 atom stereocenters. The molecule has 31 heavy (non-hydrogen) atoms. The van der Waals surface area contributed by atoms with Crippen LogP contribution in [0.25, 0.3) is 0 Å². The maximum absolute atomic E-state index is 12.7. The van der Waals surface area contributed by atoms with Gasteiger partial charge in [-0.1, -0.05) is 24.3 Å². The quantitative estimate of drug-likeness (QED) is 0.474. The number of halogens is 3. The number of aromatic nitrogens is 1. The summed E-state index contributed by atoms with van der Waals surface area (Å²) in [5.74, 6) is -0.651. The maximum Gasteiger partial charge on any atom is 0.573 e. The molecule has 1 heterocycles. The van der Waals surface area contributed by atoms with Crippen LogP contribution >= 0.6 is 0 Å². The summed E-state index contributed by atoms with van der Waals surface area (Å²) in [7, 11) is -3.66. The molecule has 6 nitrogen and oxygen atoms in total. The van der Waals surface area contributed by atoms with Crippen molar-refractivity contribution in [3.63, 3.8) is 0 Å². The minimum atomic E-state index is -4.88. The Bertz CT molecular complexity index is 1120. The molecule has 0 bridgehead atoms. The zero-order chi connectivity index (χ0) is 22.5. The summed E-state index contributed by atoms with van der Waals surface area (Å²) in [5, 5.41) is 0. The number of rotatable bonds is 8. The van der Waals surface area contributed by atoms with Gasteiger partial charge in [-0.25, -0.2) is 8.42 Å². The van der Waals surface area contributed by atoms with Gasteiger partial charge in [0.15, 0.2) is 11.5 Å². The topological polar surface area (TPSA) is 68.7 Å². The van der Waals surface area contributed by atoms with Crippen LogP contribution in [0.4, 0.5) is 18.9 Å². The Hall–Kier alpha value is -3.27. The smallest absolute Gasteiger partial charge is 0.453 e. The predicted molar refractivity (Wildman–Crippen MR) is 110 cm³/mol. The van der Waals surface area contributed by atoms with E-state index in [1.165, 1.54) is 41.6 Å². The van der Waals surface area contributed by atoms with Crippen molar-refractivity contribution in [3.05, 3.63) is 78.6 Å². The lowest BCUT2D eigenvalue weighted by molar-refractivity contribution is -0.275. The molecule has 3 rings (SSSR count). The van der Waals surface area contributed by atoms with Crippen LogP contribution in [0, 0.1) is 0 Å². The molecule has 0 N–H and O–H groups in total. The lowest BCUT2D eigenvalue weighted by atomic mass is 10.2. The summed E-state index contributed by atoms with van der Waals surface area (Å²) in [6, 6.07) is 14.9. The van der Waals surface area contributed by atoms with Gasteiger partial charge in [-0.3, -0.25) is 9.29 Å². The monoisotopic (exact) mass is 452 g/mol. The third-order valence-corrected chi connectivity index (χ3v) is 5.90. The molecule has 0 fully saturated rings. The number of benzene rings is 2. The molecule has 0 amide bonds. The van der Waals surface area contributed by atoms with Gasteiger partial charge in [0.05, 0.1) is 18.0 Å². The van der Waals surface area contributed by atoms with E-state index in [-0.39, 0.29) is 23.8 Å². The van der Waals surface area contributed by atoms with Crippen molar-refractivity contribution in [2.24, 2.45) is 0 Å². The Kier molecular flexibility index (Phi) is 6.69. The molecule has 0 aliphatic heterocycles. The van der Waals surface area contributed by atoms with E-state index in [1.807, 2.05) is 0 Å². The van der Waals surface area contributed by atoms with E-state index in [0.29, 0.717) is 11.3 Å². The Morgan fingerprint density at radius 1 is 1.00 bits per heavy atom. The first-order valence-corrected chi connectivity index (χ1v) is 10.8. The van der Waals surface area contributed by atoms with E-state index >= 15 is 0 Å². The Morgan fingerprint density at radius 3 is 2.39 bits per heavy atom. The second-order valence-electron chi connectivity index (χ2n) is 6.36. The van der Waals surface area contributed by atoms with Crippen LogP contribution in [0.1, 0.15) is 12.5 Å². The maximum atomic E-state index is 12.7. The molecule has 0 radical (unpaired) electrons. The van der Waals surface area contributed by atoms with Crippen LogP contribution in [-0.4, -0.2) is 25.5 Å². The molecule has 2 aromatic carbocycles. The third kappa shape index (κ3) is 6.11. The highest BCUT2D eigenvalue weighted by atomic mass is 32.2. The highest BCUT2D eigenvalue weighted by Crippen LogP contribution is 2.36. The Balaban J connectivity index is 1.93. The van der Waals surface area contributed by atoms with E-state index in [1.54, 1.807) is 36.7 Å². The average molecular weight is 452 g/mol. The number of hydrogen-bond donors (Lipinski definition) is 0. The summed E-state index contributed by atoms with van der Waals surface area (Å²) < 4.78 is 74.1. The van der Waals surface area contributed by atoms with E-state index in [4.69, 9.17) is 4.74 Å². The van der Waals surface area contributed by atoms with Gasteiger partial charge in [-0.2, -0.15) is 0 Å². The van der Waals surface area contributed by atoms with Crippen molar-refractivity contribution >= 4 is 15.7 Å². The van der Waals surface area contributed by atoms with Gasteiger partial charge in [0.2, 0.25) is 10.0 Å². The highest BCUT2D eigenvalue weighted by Gasteiger charge is 2.32. The van der Waals surface area contributed by atoms with Crippen molar-refractivity contribution in [1.29, 1.82) is 0 Å². The second-order valence-corrected chi connectivity index (χ2v) is 8.54. The van der Waals surface area contributed by atoms with Crippen molar-refractivity contribution in [2.75, 3.05) is 10.1 Å². The van der Waals surface area contributed by atoms with Gasteiger partial charge < -0.3 is 9.47 Å². The van der Waals surface area contributed by atoms with Gasteiger partial charge in [0.25, 0.3) is 0 Å². The second kappa shape index (κ2) is 9.25. The summed E-state index contributed by atoms with van der Waals surface area (Å²) in [6.07, 6.45) is -1.74. The zero-order valence-corrected chi connectivity index (χ0v) is 17.2. The first-order chi connectivity index (χ1) is 14.7. The minimum absolute atomic E-state index is 0.0429. The summed E-state index contributed by atoms with van der Waals surface area (Å²) in [6.45, 7) is 1.57. The Morgan fingerprint density at radius 2 is 1.74 bits per heavy atom. The molecule has 10 heteroatoms. The zero-order valence-electron chi connectivity index (χ0n) is 16.4. The number of alkyl halides is 3. The molecular formula is C21H19F3N2O4S. The molecular weight excluding hydrogens is 433 g/mol. The number of ether oxygens (including phenoxy) is 2. The van der Waals surface area contributed by atoms with Crippen molar-refractivity contribution in [2.45, 2.75) is 19.8 Å². The van der Waals surface area contributed by atoms with Crippen LogP contribution in [-0.2, 0) is 16.6 Å². The highest BCUT2D eigenvalue weighted by molar-refractivity contribution is 7.92. The van der Waals surface area contributed by atoms with Crippen molar-refractivity contribution < 1.29 is 31.1 Å². The standard InChI is InChI=1S/C21H19F3N2O4S/c1-2-31(27,28)26(15-16-7-6-12-25-14-16)17-8-5-9-18(13-17)29-19-10-3-4-11-20(19)30-21(22,23)24/h3-14H,2,15H2,1H3. The van der Waals surface area contributed by atoms with Crippen molar-refractivity contribution in [3.8, 4) is 17.2 Å². The van der Waals surface area contributed by atoms with Gasteiger partial charge in [-0.15, -0.1) is 13.2 Å². The van der Waals surface area contributed by atoms with Crippen LogP contribution in [0.15, 0.2) is 73.1 Å². The molecule has 0 aliphatic carbocycles. The SMILES string of the molecule is CCS(=O)(=O)N(Cc1cccnc1)c1cccc(Oc2ccccc2OC(F)(F)F)c1. The minimum Gasteiger partial charge on any atom is -0.453 e. The molecule has 164 valence electrons. The number of hydrogen-bond acceptors (Lipinski definition) is 5. The molecule has 0 saturated heterocycles. The predicted octanol–water partition coefficient (Wildman–Crippen LogP) is 5.13. The molecule has 0 aliphatic rings. The van der Waals surface area contributed by atoms with E-state index in [9.17, 15) is 21.6 Å². The molecule has 1 aromatic heterocycles. The van der Waals surface area contributed by atoms with Gasteiger partial charge in [0.1, 0.15) is 5.75 Å². The fourth-order valence-corrected chi connectivity index (χ4v) is 3.83. The van der Waals surface area contributed by atoms with Gasteiger partial charge >= 0.3 is 6.36 Å². The third-order valence-electron chi connectivity index (χ3n) is 4.16. The van der Waals surface area contributed by atoms with Crippen LogP contribution in [0.2, 0.25) is 0 Å². The Labute approximate surface area is 177 Å². The normalized spacial score (nSPS) is 11.7.